The molecule has 0 radical (unpaired) electrons. The molecule has 8 heteroatoms. The first-order chi connectivity index (χ1) is 11.1. The van der Waals surface area contributed by atoms with Gasteiger partial charge in [0.2, 0.25) is 0 Å². The van der Waals surface area contributed by atoms with Crippen LogP contribution in [-0.4, -0.2) is 43.9 Å². The number of hydrogen-bond acceptors (Lipinski definition) is 6. The Kier molecular flexibility index (Phi) is 5.12. The molecule has 1 unspecified atom stereocenters. The molecule has 4 atom stereocenters. The van der Waals surface area contributed by atoms with Gasteiger partial charge in [0, 0.05) is 23.6 Å². The van der Waals surface area contributed by atoms with Gasteiger partial charge in [-0.1, -0.05) is 27.7 Å². The SMILES string of the molecule is CCc1cn([C@H]2C[C@H](O)[C@@H](C(O)C(=O)C(C)(C)C)O2)c(=O)[nH]c1=O. The van der Waals surface area contributed by atoms with E-state index in [2.05, 4.69) is 4.98 Å². The topological polar surface area (TPSA) is 122 Å². The average Bonchev–Trinajstić information content (AvgIpc) is 2.86. The van der Waals surface area contributed by atoms with Crippen molar-refractivity contribution >= 4 is 5.78 Å². The van der Waals surface area contributed by atoms with Crippen LogP contribution in [0.25, 0.3) is 0 Å². The maximum Gasteiger partial charge on any atom is 0.330 e. The van der Waals surface area contributed by atoms with Gasteiger partial charge in [0.1, 0.15) is 18.4 Å². The molecular weight excluding hydrogens is 316 g/mol. The van der Waals surface area contributed by atoms with Gasteiger partial charge in [-0.25, -0.2) is 4.79 Å². The number of Topliss-reactive ketones (excluding diaryl/α,β-unsaturated/α-hetero) is 1. The second-order valence-corrected chi connectivity index (χ2v) is 7.09. The van der Waals surface area contributed by atoms with E-state index in [1.807, 2.05) is 0 Å². The molecule has 0 aromatic carbocycles. The summed E-state index contributed by atoms with van der Waals surface area (Å²) in [5.74, 6) is -0.449. The Balaban J connectivity index is 2.27. The number of rotatable bonds is 4. The van der Waals surface area contributed by atoms with Crippen LogP contribution in [0, 0.1) is 5.41 Å². The summed E-state index contributed by atoms with van der Waals surface area (Å²) in [6.45, 7) is 6.77. The van der Waals surface area contributed by atoms with Crippen molar-refractivity contribution in [3.05, 3.63) is 32.6 Å². The molecule has 24 heavy (non-hydrogen) atoms. The van der Waals surface area contributed by atoms with Crippen molar-refractivity contribution in [3.63, 3.8) is 0 Å². The highest BCUT2D eigenvalue weighted by Gasteiger charge is 2.44. The van der Waals surface area contributed by atoms with Crippen LogP contribution in [0.15, 0.2) is 15.8 Å². The number of aliphatic hydroxyl groups is 2. The molecule has 1 fully saturated rings. The monoisotopic (exact) mass is 340 g/mol. The van der Waals surface area contributed by atoms with Crippen molar-refractivity contribution in [2.45, 2.75) is 65.1 Å². The summed E-state index contributed by atoms with van der Waals surface area (Å²) >= 11 is 0. The van der Waals surface area contributed by atoms with Crippen molar-refractivity contribution < 1.29 is 19.7 Å². The fourth-order valence-corrected chi connectivity index (χ4v) is 2.72. The van der Waals surface area contributed by atoms with E-state index in [9.17, 15) is 24.6 Å². The van der Waals surface area contributed by atoms with E-state index in [4.69, 9.17) is 4.74 Å². The highest BCUT2D eigenvalue weighted by molar-refractivity contribution is 5.88. The van der Waals surface area contributed by atoms with E-state index >= 15 is 0 Å². The third kappa shape index (κ3) is 3.50. The average molecular weight is 340 g/mol. The first-order valence-corrected chi connectivity index (χ1v) is 7.96. The lowest BCUT2D eigenvalue weighted by atomic mass is 9.85. The number of ketones is 1. The predicted molar refractivity (Wildman–Crippen MR) is 85.7 cm³/mol. The van der Waals surface area contributed by atoms with Crippen molar-refractivity contribution in [2.24, 2.45) is 5.41 Å². The minimum Gasteiger partial charge on any atom is -0.390 e. The Morgan fingerprint density at radius 1 is 1.46 bits per heavy atom. The van der Waals surface area contributed by atoms with Gasteiger partial charge in [-0.05, 0) is 6.42 Å². The van der Waals surface area contributed by atoms with Crippen molar-refractivity contribution in [1.29, 1.82) is 0 Å². The number of ether oxygens (including phenoxy) is 1. The Morgan fingerprint density at radius 3 is 2.62 bits per heavy atom. The van der Waals surface area contributed by atoms with Crippen LogP contribution in [0.3, 0.4) is 0 Å². The molecule has 1 aliphatic rings. The summed E-state index contributed by atoms with van der Waals surface area (Å²) in [7, 11) is 0. The second kappa shape index (κ2) is 6.62. The number of H-pyrrole nitrogens is 1. The number of nitrogens with zero attached hydrogens (tertiary/aromatic N) is 1. The van der Waals surface area contributed by atoms with E-state index in [1.165, 1.54) is 10.8 Å². The molecule has 8 nitrogen and oxygen atoms in total. The Morgan fingerprint density at radius 2 is 2.08 bits per heavy atom. The van der Waals surface area contributed by atoms with Gasteiger partial charge < -0.3 is 14.9 Å². The fraction of sp³-hybridized carbons (Fsp3) is 0.688. The Hall–Kier alpha value is -1.77. The van der Waals surface area contributed by atoms with E-state index < -0.39 is 47.0 Å². The normalized spacial score (nSPS) is 25.7. The Bertz CT molecular complexity index is 729. The minimum absolute atomic E-state index is 0.0360. The molecular formula is C16H24N2O6. The number of carbonyl (C=O) groups excluding carboxylic acids is 1. The second-order valence-electron chi connectivity index (χ2n) is 7.09. The first-order valence-electron chi connectivity index (χ1n) is 7.96. The minimum atomic E-state index is -1.49. The van der Waals surface area contributed by atoms with Crippen LogP contribution in [0.5, 0.6) is 0 Å². The summed E-state index contributed by atoms with van der Waals surface area (Å²) < 4.78 is 6.76. The summed E-state index contributed by atoms with van der Waals surface area (Å²) in [6.07, 6.45) is -2.71. The third-order valence-corrected chi connectivity index (χ3v) is 4.19. The third-order valence-electron chi connectivity index (χ3n) is 4.19. The molecule has 0 spiro atoms. The molecule has 1 saturated heterocycles. The predicted octanol–water partition coefficient (Wildman–Crippen LogP) is -0.276. The number of nitrogens with one attached hydrogen (secondary N) is 1. The van der Waals surface area contributed by atoms with Crippen molar-refractivity contribution in [3.8, 4) is 0 Å². The molecule has 2 heterocycles. The lowest BCUT2D eigenvalue weighted by Crippen LogP contribution is -2.45. The lowest BCUT2D eigenvalue weighted by molar-refractivity contribution is -0.148. The van der Waals surface area contributed by atoms with Crippen LogP contribution in [0.4, 0.5) is 0 Å². The van der Waals surface area contributed by atoms with E-state index in [-0.39, 0.29) is 6.42 Å². The van der Waals surface area contributed by atoms with Gasteiger partial charge >= 0.3 is 5.69 Å². The van der Waals surface area contributed by atoms with Crippen molar-refractivity contribution in [1.82, 2.24) is 9.55 Å². The van der Waals surface area contributed by atoms with E-state index in [0.29, 0.717) is 12.0 Å². The zero-order valence-electron chi connectivity index (χ0n) is 14.3. The molecule has 0 amide bonds. The van der Waals surface area contributed by atoms with Gasteiger partial charge in [0.15, 0.2) is 5.78 Å². The largest absolute Gasteiger partial charge is 0.390 e. The fourth-order valence-electron chi connectivity index (χ4n) is 2.72. The highest BCUT2D eigenvalue weighted by atomic mass is 16.5. The Labute approximate surface area is 139 Å². The molecule has 134 valence electrons. The van der Waals surface area contributed by atoms with Gasteiger partial charge in [0.25, 0.3) is 5.56 Å². The summed E-state index contributed by atoms with van der Waals surface area (Å²) in [5, 5.41) is 20.4. The summed E-state index contributed by atoms with van der Waals surface area (Å²) in [5.41, 5.74) is -1.50. The van der Waals surface area contributed by atoms with Gasteiger partial charge in [0.05, 0.1) is 6.10 Å². The molecule has 1 aromatic heterocycles. The number of aromatic amines is 1. The molecule has 2 rings (SSSR count). The zero-order chi connectivity index (χ0) is 18.2. The zero-order valence-corrected chi connectivity index (χ0v) is 14.3. The summed E-state index contributed by atoms with van der Waals surface area (Å²) in [4.78, 5) is 38.0. The quantitative estimate of drug-likeness (QED) is 0.693. The maximum atomic E-state index is 12.2. The number of aryl methyl sites for hydroxylation is 1. The molecule has 0 bridgehead atoms. The number of aliphatic hydroxyl groups excluding tert-OH is 2. The summed E-state index contributed by atoms with van der Waals surface area (Å²) in [6, 6.07) is 0. The van der Waals surface area contributed by atoms with Crippen LogP contribution in [0.2, 0.25) is 0 Å². The molecule has 0 aliphatic carbocycles. The standard InChI is InChI=1S/C16H24N2O6/c1-5-8-7-18(15(23)17-14(8)22)10-6-9(19)12(24-10)11(20)13(21)16(2,3)4/h7,9-12,19-20H,5-6H2,1-4H3,(H,17,22,23)/t9-,10+,11?,12-/m0/s1. The van der Waals surface area contributed by atoms with Crippen LogP contribution in [0.1, 0.15) is 45.9 Å². The number of aromatic nitrogens is 2. The van der Waals surface area contributed by atoms with E-state index in [0.717, 1.165) is 0 Å². The lowest BCUT2D eigenvalue weighted by Gasteiger charge is -2.26. The van der Waals surface area contributed by atoms with Gasteiger partial charge in [-0.2, -0.15) is 0 Å². The smallest absolute Gasteiger partial charge is 0.330 e. The number of hydrogen-bond donors (Lipinski definition) is 3. The maximum absolute atomic E-state index is 12.2. The molecule has 3 N–H and O–H groups in total. The van der Waals surface area contributed by atoms with Crippen LogP contribution < -0.4 is 11.2 Å². The number of carbonyl (C=O) groups is 1. The van der Waals surface area contributed by atoms with Gasteiger partial charge in [-0.15, -0.1) is 0 Å². The van der Waals surface area contributed by atoms with Crippen LogP contribution >= 0.6 is 0 Å². The first kappa shape index (κ1) is 18.6. The highest BCUT2D eigenvalue weighted by Crippen LogP contribution is 2.32. The van der Waals surface area contributed by atoms with Crippen molar-refractivity contribution in [2.75, 3.05) is 0 Å². The molecule has 1 aromatic rings. The molecule has 1 aliphatic heterocycles. The van der Waals surface area contributed by atoms with Crippen LogP contribution in [-0.2, 0) is 16.0 Å². The van der Waals surface area contributed by atoms with Gasteiger partial charge in [-0.3, -0.25) is 19.1 Å². The molecule has 0 saturated carbocycles. The van der Waals surface area contributed by atoms with E-state index in [1.54, 1.807) is 27.7 Å².